The summed E-state index contributed by atoms with van der Waals surface area (Å²) in [6, 6.07) is 5.43. The molecule has 2 atom stereocenters. The first kappa shape index (κ1) is 12.2. The maximum Gasteiger partial charge on any atom is 0.0730 e. The maximum absolute atomic E-state index is 9.63. The minimum absolute atomic E-state index is 0.341. The van der Waals surface area contributed by atoms with Crippen LogP contribution in [0.3, 0.4) is 0 Å². The summed E-state index contributed by atoms with van der Waals surface area (Å²) < 4.78 is 1.90. The van der Waals surface area contributed by atoms with E-state index in [0.29, 0.717) is 6.42 Å². The highest BCUT2D eigenvalue weighted by Crippen LogP contribution is 2.28. The maximum atomic E-state index is 9.63. The zero-order chi connectivity index (χ0) is 10.7. The predicted molar refractivity (Wildman–Crippen MR) is 65.1 cm³/mol. The Bertz CT molecular complexity index is 317. The fourth-order valence-corrected chi connectivity index (χ4v) is 2.12. The van der Waals surface area contributed by atoms with E-state index in [-0.39, 0.29) is 6.04 Å². The summed E-state index contributed by atoms with van der Waals surface area (Å²) in [5.74, 6) is 0. The van der Waals surface area contributed by atoms with Gasteiger partial charge >= 0.3 is 0 Å². The number of hydrogen-bond acceptors (Lipinski definition) is 2. The molecule has 4 heteroatoms. The van der Waals surface area contributed by atoms with Crippen molar-refractivity contribution in [2.75, 3.05) is 0 Å². The van der Waals surface area contributed by atoms with E-state index in [0.717, 1.165) is 14.5 Å². The van der Waals surface area contributed by atoms with Gasteiger partial charge < -0.3 is 10.8 Å². The second-order valence-corrected chi connectivity index (χ2v) is 4.94. The fraction of sp³-hybridized carbons (Fsp3) is 0.400. The van der Waals surface area contributed by atoms with E-state index in [2.05, 4.69) is 31.9 Å². The van der Waals surface area contributed by atoms with E-state index in [1.807, 2.05) is 25.1 Å². The van der Waals surface area contributed by atoms with Crippen LogP contribution in [0, 0.1) is 0 Å². The Morgan fingerprint density at radius 1 is 1.43 bits per heavy atom. The van der Waals surface area contributed by atoms with E-state index < -0.39 is 6.10 Å². The molecule has 0 saturated heterocycles. The van der Waals surface area contributed by atoms with Crippen LogP contribution in [0.2, 0.25) is 0 Å². The molecule has 78 valence electrons. The van der Waals surface area contributed by atoms with Crippen LogP contribution in [-0.2, 0) is 0 Å². The molecule has 0 aliphatic rings. The number of benzene rings is 1. The van der Waals surface area contributed by atoms with Crippen LogP contribution in [0.4, 0.5) is 0 Å². The number of aliphatic hydroxyl groups excluding tert-OH is 1. The van der Waals surface area contributed by atoms with Crippen LogP contribution < -0.4 is 5.73 Å². The van der Waals surface area contributed by atoms with Crippen LogP contribution in [0.25, 0.3) is 0 Å². The van der Waals surface area contributed by atoms with Crippen LogP contribution in [-0.4, -0.2) is 11.2 Å². The summed E-state index contributed by atoms with van der Waals surface area (Å²) in [5, 5.41) is 9.63. The normalized spacial score (nSPS) is 15.2. The van der Waals surface area contributed by atoms with Crippen LogP contribution >= 0.6 is 31.9 Å². The van der Waals surface area contributed by atoms with Crippen molar-refractivity contribution in [3.63, 3.8) is 0 Å². The monoisotopic (exact) mass is 321 g/mol. The van der Waals surface area contributed by atoms with Crippen molar-refractivity contribution in [1.82, 2.24) is 0 Å². The largest absolute Gasteiger partial charge is 0.391 e. The average molecular weight is 323 g/mol. The predicted octanol–water partition coefficient (Wildman–Crippen LogP) is 2.98. The molecule has 0 aromatic heterocycles. The Hall–Kier alpha value is 0.1000. The van der Waals surface area contributed by atoms with Crippen molar-refractivity contribution in [3.05, 3.63) is 32.7 Å². The summed E-state index contributed by atoms with van der Waals surface area (Å²) in [6.45, 7) is 1.91. The highest BCUT2D eigenvalue weighted by molar-refractivity contribution is 9.11. The van der Waals surface area contributed by atoms with Crippen LogP contribution in [0.1, 0.15) is 24.9 Å². The van der Waals surface area contributed by atoms with E-state index in [1.165, 1.54) is 0 Å². The van der Waals surface area contributed by atoms with Gasteiger partial charge in [-0.3, -0.25) is 0 Å². The first-order chi connectivity index (χ1) is 6.56. The number of nitrogens with two attached hydrogens (primary N) is 1. The van der Waals surface area contributed by atoms with Gasteiger partial charge in [0.25, 0.3) is 0 Å². The van der Waals surface area contributed by atoms with Gasteiger partial charge in [-0.2, -0.15) is 0 Å². The summed E-state index contributed by atoms with van der Waals surface area (Å²) in [6.07, 6.45) is 0.153. The molecule has 0 radical (unpaired) electrons. The zero-order valence-corrected chi connectivity index (χ0v) is 11.0. The number of hydrogen-bond donors (Lipinski definition) is 2. The Labute approximate surface area is 101 Å². The number of rotatable bonds is 3. The van der Waals surface area contributed by atoms with Gasteiger partial charge in [0, 0.05) is 8.95 Å². The molecule has 1 aromatic rings. The molecule has 0 saturated carbocycles. The summed E-state index contributed by atoms with van der Waals surface area (Å²) in [5.41, 5.74) is 6.84. The Morgan fingerprint density at radius 3 is 2.64 bits per heavy atom. The quantitative estimate of drug-likeness (QED) is 0.898. The van der Waals surface area contributed by atoms with Gasteiger partial charge in [-0.25, -0.2) is 0 Å². The van der Waals surface area contributed by atoms with E-state index in [9.17, 15) is 5.11 Å². The molecule has 0 aliphatic heterocycles. The lowest BCUT2D eigenvalue weighted by Crippen LogP contribution is -2.25. The topological polar surface area (TPSA) is 46.2 Å². The third-order valence-electron chi connectivity index (χ3n) is 2.15. The van der Waals surface area contributed by atoms with Gasteiger partial charge in [0.15, 0.2) is 0 Å². The van der Waals surface area contributed by atoms with Gasteiger partial charge in [-0.05, 0) is 30.2 Å². The van der Waals surface area contributed by atoms with Gasteiger partial charge in [-0.15, -0.1) is 0 Å². The Kier molecular flexibility index (Phi) is 4.57. The second kappa shape index (κ2) is 5.26. The molecule has 0 unspecified atom stereocenters. The van der Waals surface area contributed by atoms with Gasteiger partial charge in [0.05, 0.1) is 12.1 Å². The molecule has 14 heavy (non-hydrogen) atoms. The van der Waals surface area contributed by atoms with Crippen LogP contribution in [0.5, 0.6) is 0 Å². The lowest BCUT2D eigenvalue weighted by molar-refractivity contribution is 0.140. The first-order valence-electron chi connectivity index (χ1n) is 4.44. The summed E-state index contributed by atoms with van der Waals surface area (Å²) in [4.78, 5) is 0. The van der Waals surface area contributed by atoms with Crippen molar-refractivity contribution in [2.45, 2.75) is 25.5 Å². The molecule has 0 spiro atoms. The van der Waals surface area contributed by atoms with Gasteiger partial charge in [0.1, 0.15) is 0 Å². The molecule has 0 bridgehead atoms. The van der Waals surface area contributed by atoms with Crippen molar-refractivity contribution in [2.24, 2.45) is 5.73 Å². The number of halogens is 2. The van der Waals surface area contributed by atoms with E-state index >= 15 is 0 Å². The molecule has 0 fully saturated rings. The van der Waals surface area contributed by atoms with Crippen molar-refractivity contribution < 1.29 is 5.11 Å². The molecule has 3 N–H and O–H groups in total. The van der Waals surface area contributed by atoms with Gasteiger partial charge in [0.2, 0.25) is 0 Å². The highest BCUT2D eigenvalue weighted by atomic mass is 79.9. The van der Waals surface area contributed by atoms with Gasteiger partial charge in [-0.1, -0.05) is 38.8 Å². The van der Waals surface area contributed by atoms with Crippen molar-refractivity contribution in [3.8, 4) is 0 Å². The lowest BCUT2D eigenvalue weighted by Gasteiger charge is -2.19. The minimum Gasteiger partial charge on any atom is -0.391 e. The molecule has 0 amide bonds. The Morgan fingerprint density at radius 2 is 2.07 bits per heavy atom. The second-order valence-electron chi connectivity index (χ2n) is 3.17. The molecule has 2 nitrogen and oxygen atoms in total. The number of aliphatic hydroxyl groups is 1. The average Bonchev–Trinajstić information content (AvgIpc) is 2.19. The fourth-order valence-electron chi connectivity index (χ4n) is 1.23. The smallest absolute Gasteiger partial charge is 0.0730 e. The summed E-state index contributed by atoms with van der Waals surface area (Å²) >= 11 is 6.79. The molecule has 1 aromatic carbocycles. The Balaban J connectivity index is 2.99. The lowest BCUT2D eigenvalue weighted by atomic mass is 10.0. The molecule has 1 rings (SSSR count). The SMILES string of the molecule is CC[C@@H](O)[C@@H](N)c1cc(Br)ccc1Br. The van der Waals surface area contributed by atoms with Crippen LogP contribution in [0.15, 0.2) is 27.1 Å². The first-order valence-corrected chi connectivity index (χ1v) is 6.03. The summed E-state index contributed by atoms with van der Waals surface area (Å²) in [7, 11) is 0. The standard InChI is InChI=1S/C10H13Br2NO/c1-2-9(14)10(13)7-5-6(11)3-4-8(7)12/h3-5,9-10,14H,2,13H2,1H3/t9-,10+/m1/s1. The van der Waals surface area contributed by atoms with Crippen molar-refractivity contribution >= 4 is 31.9 Å². The van der Waals surface area contributed by atoms with E-state index in [1.54, 1.807) is 0 Å². The highest BCUT2D eigenvalue weighted by Gasteiger charge is 2.17. The molecule has 0 aliphatic carbocycles. The molecule has 0 heterocycles. The molecular weight excluding hydrogens is 310 g/mol. The third kappa shape index (κ3) is 2.79. The van der Waals surface area contributed by atoms with Crippen molar-refractivity contribution in [1.29, 1.82) is 0 Å². The minimum atomic E-state index is -0.499. The zero-order valence-electron chi connectivity index (χ0n) is 7.87. The molecular formula is C10H13Br2NO. The third-order valence-corrected chi connectivity index (χ3v) is 3.37. The van der Waals surface area contributed by atoms with E-state index in [4.69, 9.17) is 5.73 Å².